The Hall–Kier alpha value is -1.44. The van der Waals surface area contributed by atoms with E-state index in [1.807, 2.05) is 36.1 Å². The van der Waals surface area contributed by atoms with Crippen LogP contribution in [0.5, 0.6) is 0 Å². The minimum atomic E-state index is -3.15. The Morgan fingerprint density at radius 1 is 1.23 bits per heavy atom. The molecule has 1 amide bonds. The molecule has 1 saturated heterocycles. The largest absolute Gasteiger partial charge is 0.325 e. The molecule has 7 heteroatoms. The van der Waals surface area contributed by atoms with Crippen molar-refractivity contribution in [3.05, 3.63) is 29.8 Å². The van der Waals surface area contributed by atoms with E-state index >= 15 is 0 Å². The molecule has 22 heavy (non-hydrogen) atoms. The topological polar surface area (TPSA) is 69.7 Å². The van der Waals surface area contributed by atoms with Gasteiger partial charge in [0.15, 0.2) is 0 Å². The lowest BCUT2D eigenvalue weighted by Crippen LogP contribution is -2.37. The van der Waals surface area contributed by atoms with E-state index in [0.29, 0.717) is 19.6 Å². The number of aryl methyl sites for hydroxylation is 1. The second-order valence-electron chi connectivity index (χ2n) is 5.71. The van der Waals surface area contributed by atoms with E-state index in [2.05, 4.69) is 5.32 Å². The van der Waals surface area contributed by atoms with E-state index in [4.69, 9.17) is 0 Å². The maximum atomic E-state index is 12.1. The summed E-state index contributed by atoms with van der Waals surface area (Å²) in [5.41, 5.74) is 1.88. The van der Waals surface area contributed by atoms with E-state index in [1.54, 1.807) is 0 Å². The van der Waals surface area contributed by atoms with Gasteiger partial charge in [-0.3, -0.25) is 9.69 Å². The molecule has 0 saturated carbocycles. The number of sulfonamides is 1. The summed E-state index contributed by atoms with van der Waals surface area (Å²) in [6, 6.07) is 7.66. The molecule has 1 heterocycles. The number of anilines is 1. The molecule has 0 bridgehead atoms. The van der Waals surface area contributed by atoms with Crippen molar-refractivity contribution >= 4 is 21.6 Å². The van der Waals surface area contributed by atoms with Crippen LogP contribution in [-0.2, 0) is 14.8 Å². The van der Waals surface area contributed by atoms with Crippen LogP contribution in [0.4, 0.5) is 5.69 Å². The quantitative estimate of drug-likeness (QED) is 0.893. The van der Waals surface area contributed by atoms with Gasteiger partial charge in [0.2, 0.25) is 15.9 Å². The molecule has 0 unspecified atom stereocenters. The summed E-state index contributed by atoms with van der Waals surface area (Å²) >= 11 is 0. The number of hydrogen-bond donors (Lipinski definition) is 1. The normalized spacial score (nSPS) is 17.9. The molecule has 1 aliphatic heterocycles. The van der Waals surface area contributed by atoms with Crippen molar-refractivity contribution in [3.63, 3.8) is 0 Å². The summed E-state index contributed by atoms with van der Waals surface area (Å²) in [5.74, 6) is -0.0709. The standard InChI is InChI=1S/C15H23N3O3S/c1-13-5-3-6-14(11-13)16-15(19)12-17-7-4-8-18(10-9-17)22(2,20)21/h3,5-6,11H,4,7-10,12H2,1-2H3,(H,16,19). The molecule has 1 aliphatic rings. The Kier molecular flexibility index (Phi) is 5.55. The summed E-state index contributed by atoms with van der Waals surface area (Å²) < 4.78 is 24.6. The molecular formula is C15H23N3O3S. The van der Waals surface area contributed by atoms with Crippen molar-refractivity contribution in [3.8, 4) is 0 Å². The molecule has 0 atom stereocenters. The summed E-state index contributed by atoms with van der Waals surface area (Å²) in [4.78, 5) is 14.1. The third-order valence-corrected chi connectivity index (χ3v) is 4.99. The lowest BCUT2D eigenvalue weighted by molar-refractivity contribution is -0.117. The van der Waals surface area contributed by atoms with Gasteiger partial charge < -0.3 is 5.32 Å². The summed E-state index contributed by atoms with van der Waals surface area (Å²) in [6.45, 7) is 4.53. The molecule has 1 aromatic rings. The van der Waals surface area contributed by atoms with E-state index in [1.165, 1.54) is 10.6 Å². The zero-order valence-corrected chi connectivity index (χ0v) is 13.9. The highest BCUT2D eigenvalue weighted by molar-refractivity contribution is 7.88. The second kappa shape index (κ2) is 7.21. The van der Waals surface area contributed by atoms with Gasteiger partial charge in [0, 0.05) is 25.3 Å². The Morgan fingerprint density at radius 3 is 2.68 bits per heavy atom. The van der Waals surface area contributed by atoms with Crippen LogP contribution in [0.3, 0.4) is 0 Å². The van der Waals surface area contributed by atoms with Gasteiger partial charge in [-0.2, -0.15) is 0 Å². The van der Waals surface area contributed by atoms with Crippen LogP contribution in [-0.4, -0.2) is 62.5 Å². The summed E-state index contributed by atoms with van der Waals surface area (Å²) in [5, 5.41) is 2.88. The fourth-order valence-electron chi connectivity index (χ4n) is 2.56. The first kappa shape index (κ1) is 16.9. The van der Waals surface area contributed by atoms with Gasteiger partial charge in [-0.15, -0.1) is 0 Å². The molecule has 0 aliphatic carbocycles. The van der Waals surface area contributed by atoms with Crippen LogP contribution < -0.4 is 5.32 Å². The number of nitrogens with one attached hydrogen (secondary N) is 1. The highest BCUT2D eigenvalue weighted by Crippen LogP contribution is 2.10. The Bertz CT molecular complexity index is 631. The van der Waals surface area contributed by atoms with Crippen LogP contribution in [0.15, 0.2) is 24.3 Å². The molecule has 1 N–H and O–H groups in total. The van der Waals surface area contributed by atoms with Gasteiger partial charge in [-0.1, -0.05) is 12.1 Å². The average Bonchev–Trinajstić information content (AvgIpc) is 2.63. The van der Waals surface area contributed by atoms with Crippen molar-refractivity contribution in [2.45, 2.75) is 13.3 Å². The number of carbonyl (C=O) groups is 1. The first-order valence-corrected chi connectivity index (χ1v) is 9.23. The van der Waals surface area contributed by atoms with Gasteiger partial charge in [-0.25, -0.2) is 12.7 Å². The minimum absolute atomic E-state index is 0.0709. The SMILES string of the molecule is Cc1cccc(NC(=O)CN2CCCN(S(C)(=O)=O)CC2)c1. The first-order valence-electron chi connectivity index (χ1n) is 7.38. The van der Waals surface area contributed by atoms with Gasteiger partial charge in [0.1, 0.15) is 0 Å². The number of amides is 1. The van der Waals surface area contributed by atoms with Crippen LogP contribution in [0.2, 0.25) is 0 Å². The number of hydrogen-bond acceptors (Lipinski definition) is 4. The van der Waals surface area contributed by atoms with E-state index in [9.17, 15) is 13.2 Å². The maximum Gasteiger partial charge on any atom is 0.238 e. The average molecular weight is 325 g/mol. The summed E-state index contributed by atoms with van der Waals surface area (Å²) in [6.07, 6.45) is 1.97. The molecule has 0 radical (unpaired) electrons. The Labute approximate surface area is 132 Å². The van der Waals surface area contributed by atoms with Gasteiger partial charge in [0.25, 0.3) is 0 Å². The molecular weight excluding hydrogens is 302 g/mol. The number of benzene rings is 1. The van der Waals surface area contributed by atoms with E-state index < -0.39 is 10.0 Å². The van der Waals surface area contributed by atoms with Crippen molar-refractivity contribution in [1.82, 2.24) is 9.21 Å². The molecule has 6 nitrogen and oxygen atoms in total. The van der Waals surface area contributed by atoms with Crippen molar-refractivity contribution in [1.29, 1.82) is 0 Å². The lowest BCUT2D eigenvalue weighted by Gasteiger charge is -2.20. The Morgan fingerprint density at radius 2 is 2.00 bits per heavy atom. The zero-order valence-electron chi connectivity index (χ0n) is 13.1. The fraction of sp³-hybridized carbons (Fsp3) is 0.533. The smallest absolute Gasteiger partial charge is 0.238 e. The van der Waals surface area contributed by atoms with Crippen LogP contribution in [0, 0.1) is 6.92 Å². The minimum Gasteiger partial charge on any atom is -0.325 e. The maximum absolute atomic E-state index is 12.1. The van der Waals surface area contributed by atoms with Gasteiger partial charge >= 0.3 is 0 Å². The lowest BCUT2D eigenvalue weighted by atomic mass is 10.2. The molecule has 1 fully saturated rings. The summed E-state index contributed by atoms with van der Waals surface area (Å²) in [7, 11) is -3.15. The number of carbonyl (C=O) groups excluding carboxylic acids is 1. The zero-order chi connectivity index (χ0) is 16.2. The van der Waals surface area contributed by atoms with E-state index in [-0.39, 0.29) is 12.5 Å². The predicted octanol–water partition coefficient (Wildman–Crippen LogP) is 0.901. The monoisotopic (exact) mass is 325 g/mol. The van der Waals surface area contributed by atoms with Crippen LogP contribution in [0.1, 0.15) is 12.0 Å². The molecule has 2 rings (SSSR count). The number of nitrogens with zero attached hydrogens (tertiary/aromatic N) is 2. The van der Waals surface area contributed by atoms with Crippen molar-refractivity contribution < 1.29 is 13.2 Å². The highest BCUT2D eigenvalue weighted by atomic mass is 32.2. The predicted molar refractivity (Wildman–Crippen MR) is 87.3 cm³/mol. The fourth-order valence-corrected chi connectivity index (χ4v) is 3.44. The highest BCUT2D eigenvalue weighted by Gasteiger charge is 2.22. The molecule has 122 valence electrons. The van der Waals surface area contributed by atoms with Gasteiger partial charge in [0.05, 0.1) is 12.8 Å². The second-order valence-corrected chi connectivity index (χ2v) is 7.69. The van der Waals surface area contributed by atoms with Gasteiger partial charge in [-0.05, 0) is 37.6 Å². The molecule has 0 aromatic heterocycles. The van der Waals surface area contributed by atoms with Crippen molar-refractivity contribution in [2.24, 2.45) is 0 Å². The first-order chi connectivity index (χ1) is 10.3. The molecule has 0 spiro atoms. The third-order valence-electron chi connectivity index (χ3n) is 3.69. The third kappa shape index (κ3) is 5.08. The Balaban J connectivity index is 1.87. The van der Waals surface area contributed by atoms with Crippen LogP contribution in [0.25, 0.3) is 0 Å². The van der Waals surface area contributed by atoms with Crippen LogP contribution >= 0.6 is 0 Å². The molecule has 1 aromatic carbocycles. The van der Waals surface area contributed by atoms with E-state index in [0.717, 1.165) is 24.2 Å². The number of rotatable bonds is 4. The van der Waals surface area contributed by atoms with Crippen molar-refractivity contribution in [2.75, 3.05) is 44.3 Å².